The summed E-state index contributed by atoms with van der Waals surface area (Å²) in [7, 11) is 1.21. The third-order valence-corrected chi connectivity index (χ3v) is 5.09. The Morgan fingerprint density at radius 1 is 1.10 bits per heavy atom. The minimum Gasteiger partial charge on any atom is -0.465 e. The number of benzene rings is 3. The molecule has 1 saturated heterocycles. The van der Waals surface area contributed by atoms with Crippen molar-refractivity contribution in [3.63, 3.8) is 0 Å². The van der Waals surface area contributed by atoms with E-state index in [1.165, 1.54) is 13.2 Å². The number of carbonyl (C=O) groups excluding carboxylic acids is 1. The second-order valence-corrected chi connectivity index (χ2v) is 6.92. The van der Waals surface area contributed by atoms with Gasteiger partial charge in [0, 0.05) is 24.5 Å². The number of anilines is 3. The number of fused-ring (bicyclic) bond motifs is 1. The molecular formula is C22H21N3O5. The summed E-state index contributed by atoms with van der Waals surface area (Å²) in [6, 6.07) is 16.8. The molecule has 1 aliphatic heterocycles. The normalized spacial score (nSPS) is 13.8. The topological polar surface area (TPSA) is 93.9 Å². The molecule has 0 amide bonds. The Bertz CT molecular complexity index is 1110. The first kappa shape index (κ1) is 19.7. The standard InChI is InChI=1S/C22H21N3O5/c1-29-22(26)19-13-18(24-8-10-30-11-9-24)14-20(21(19)25(27)28)23-17-7-6-15-4-2-3-5-16(15)12-17/h2-7,12-14,23H,8-11H2,1H3. The molecule has 1 aliphatic rings. The quantitative estimate of drug-likeness (QED) is 0.386. The Morgan fingerprint density at radius 2 is 1.83 bits per heavy atom. The van der Waals surface area contributed by atoms with Crippen LogP contribution in [0.3, 0.4) is 0 Å². The number of methoxy groups -OCH3 is 1. The zero-order valence-electron chi connectivity index (χ0n) is 16.5. The van der Waals surface area contributed by atoms with Crippen LogP contribution in [0.4, 0.5) is 22.7 Å². The molecule has 3 aromatic rings. The van der Waals surface area contributed by atoms with E-state index in [2.05, 4.69) is 5.32 Å². The smallest absolute Gasteiger partial charge is 0.345 e. The van der Waals surface area contributed by atoms with E-state index in [-0.39, 0.29) is 16.9 Å². The van der Waals surface area contributed by atoms with Gasteiger partial charge in [-0.15, -0.1) is 0 Å². The van der Waals surface area contributed by atoms with Gasteiger partial charge in [-0.3, -0.25) is 10.1 Å². The molecule has 3 aromatic carbocycles. The van der Waals surface area contributed by atoms with Crippen LogP contribution in [-0.2, 0) is 9.47 Å². The highest BCUT2D eigenvalue weighted by molar-refractivity contribution is 5.99. The monoisotopic (exact) mass is 407 g/mol. The van der Waals surface area contributed by atoms with E-state index >= 15 is 0 Å². The van der Waals surface area contributed by atoms with Crippen LogP contribution in [0, 0.1) is 10.1 Å². The number of hydrogen-bond donors (Lipinski definition) is 1. The van der Waals surface area contributed by atoms with Crippen molar-refractivity contribution >= 4 is 39.5 Å². The van der Waals surface area contributed by atoms with Gasteiger partial charge < -0.3 is 19.7 Å². The first-order chi connectivity index (χ1) is 14.6. The first-order valence-corrected chi connectivity index (χ1v) is 9.56. The van der Waals surface area contributed by atoms with Crippen molar-refractivity contribution in [2.45, 2.75) is 0 Å². The van der Waals surface area contributed by atoms with Crippen molar-refractivity contribution in [2.75, 3.05) is 43.6 Å². The lowest BCUT2D eigenvalue weighted by molar-refractivity contribution is -0.384. The van der Waals surface area contributed by atoms with Crippen LogP contribution in [0.1, 0.15) is 10.4 Å². The number of ether oxygens (including phenoxy) is 2. The average molecular weight is 407 g/mol. The second kappa shape index (κ2) is 8.38. The highest BCUT2D eigenvalue weighted by atomic mass is 16.6. The molecule has 1 N–H and O–H groups in total. The summed E-state index contributed by atoms with van der Waals surface area (Å²) in [5.41, 5.74) is 1.22. The Labute approximate surface area is 173 Å². The van der Waals surface area contributed by atoms with Gasteiger partial charge in [0.25, 0.3) is 0 Å². The zero-order chi connectivity index (χ0) is 21.1. The maximum absolute atomic E-state index is 12.4. The van der Waals surface area contributed by atoms with Crippen LogP contribution >= 0.6 is 0 Å². The number of nitro groups is 1. The molecule has 8 heteroatoms. The van der Waals surface area contributed by atoms with Crippen molar-refractivity contribution in [3.8, 4) is 0 Å². The minimum atomic E-state index is -0.752. The van der Waals surface area contributed by atoms with Crippen LogP contribution in [0.15, 0.2) is 54.6 Å². The van der Waals surface area contributed by atoms with Gasteiger partial charge in [0.2, 0.25) is 0 Å². The third kappa shape index (κ3) is 3.90. The van der Waals surface area contributed by atoms with Crippen molar-refractivity contribution in [1.29, 1.82) is 0 Å². The molecule has 30 heavy (non-hydrogen) atoms. The van der Waals surface area contributed by atoms with Crippen LogP contribution in [-0.4, -0.2) is 44.3 Å². The summed E-state index contributed by atoms with van der Waals surface area (Å²) in [6.07, 6.45) is 0. The Morgan fingerprint density at radius 3 is 2.53 bits per heavy atom. The van der Waals surface area contributed by atoms with Crippen LogP contribution < -0.4 is 10.2 Å². The number of esters is 1. The van der Waals surface area contributed by atoms with Gasteiger partial charge in [0.15, 0.2) is 0 Å². The number of nitrogens with one attached hydrogen (secondary N) is 1. The molecule has 1 fully saturated rings. The molecule has 0 saturated carbocycles. The van der Waals surface area contributed by atoms with E-state index in [0.717, 1.165) is 10.8 Å². The number of morpholine rings is 1. The van der Waals surface area contributed by atoms with E-state index < -0.39 is 10.9 Å². The van der Waals surface area contributed by atoms with E-state index in [4.69, 9.17) is 9.47 Å². The zero-order valence-corrected chi connectivity index (χ0v) is 16.5. The third-order valence-electron chi connectivity index (χ3n) is 5.09. The van der Waals surface area contributed by atoms with Gasteiger partial charge in [0.1, 0.15) is 11.3 Å². The molecule has 0 unspecified atom stereocenters. The number of nitrogens with zero attached hydrogens (tertiary/aromatic N) is 2. The number of nitro benzene ring substituents is 1. The van der Waals surface area contributed by atoms with Gasteiger partial charge in [-0.25, -0.2) is 4.79 Å². The summed E-state index contributed by atoms with van der Waals surface area (Å²) in [6.45, 7) is 2.37. The summed E-state index contributed by atoms with van der Waals surface area (Å²) < 4.78 is 10.2. The molecule has 154 valence electrons. The minimum absolute atomic E-state index is 0.0882. The molecule has 0 aliphatic carbocycles. The van der Waals surface area contributed by atoms with Gasteiger partial charge in [-0.2, -0.15) is 0 Å². The van der Waals surface area contributed by atoms with E-state index in [1.807, 2.05) is 47.4 Å². The van der Waals surface area contributed by atoms with E-state index in [1.54, 1.807) is 6.07 Å². The lowest BCUT2D eigenvalue weighted by Crippen LogP contribution is -2.36. The van der Waals surface area contributed by atoms with E-state index in [0.29, 0.717) is 37.7 Å². The summed E-state index contributed by atoms with van der Waals surface area (Å²) in [5, 5.41) is 17.1. The predicted molar refractivity (Wildman–Crippen MR) is 115 cm³/mol. The van der Waals surface area contributed by atoms with Gasteiger partial charge in [0.05, 0.1) is 25.2 Å². The molecule has 1 heterocycles. The number of rotatable bonds is 5. The van der Waals surface area contributed by atoms with Crippen molar-refractivity contribution in [3.05, 3.63) is 70.3 Å². The fourth-order valence-corrected chi connectivity index (χ4v) is 3.60. The van der Waals surface area contributed by atoms with Crippen LogP contribution in [0.2, 0.25) is 0 Å². The van der Waals surface area contributed by atoms with Gasteiger partial charge in [-0.05, 0) is 35.0 Å². The molecule has 8 nitrogen and oxygen atoms in total. The molecule has 0 radical (unpaired) electrons. The average Bonchev–Trinajstić information content (AvgIpc) is 2.78. The van der Waals surface area contributed by atoms with Crippen molar-refractivity contribution < 1.29 is 19.2 Å². The molecule has 0 aromatic heterocycles. The summed E-state index contributed by atoms with van der Waals surface area (Å²) >= 11 is 0. The number of carbonyl (C=O) groups is 1. The largest absolute Gasteiger partial charge is 0.465 e. The fraction of sp³-hybridized carbons (Fsp3) is 0.227. The lowest BCUT2D eigenvalue weighted by Gasteiger charge is -2.29. The fourth-order valence-electron chi connectivity index (χ4n) is 3.60. The lowest BCUT2D eigenvalue weighted by atomic mass is 10.1. The summed E-state index contributed by atoms with van der Waals surface area (Å²) in [4.78, 5) is 25.7. The van der Waals surface area contributed by atoms with E-state index in [9.17, 15) is 14.9 Å². The van der Waals surface area contributed by atoms with Gasteiger partial charge in [-0.1, -0.05) is 30.3 Å². The molecule has 4 rings (SSSR count). The Balaban J connectivity index is 1.82. The van der Waals surface area contributed by atoms with Crippen LogP contribution in [0.5, 0.6) is 0 Å². The van der Waals surface area contributed by atoms with Crippen molar-refractivity contribution in [1.82, 2.24) is 0 Å². The Kier molecular flexibility index (Phi) is 5.49. The SMILES string of the molecule is COC(=O)c1cc(N2CCOCC2)cc(Nc2ccc3ccccc3c2)c1[N+](=O)[O-]. The molecule has 0 bridgehead atoms. The van der Waals surface area contributed by atoms with Gasteiger partial charge >= 0.3 is 11.7 Å². The number of hydrogen-bond acceptors (Lipinski definition) is 7. The maximum atomic E-state index is 12.4. The molecule has 0 atom stereocenters. The molecular weight excluding hydrogens is 386 g/mol. The maximum Gasteiger partial charge on any atom is 0.345 e. The highest BCUT2D eigenvalue weighted by Crippen LogP contribution is 2.37. The Hall–Kier alpha value is -3.65. The second-order valence-electron chi connectivity index (χ2n) is 6.92. The highest BCUT2D eigenvalue weighted by Gasteiger charge is 2.28. The molecule has 0 spiro atoms. The first-order valence-electron chi connectivity index (χ1n) is 9.56. The summed E-state index contributed by atoms with van der Waals surface area (Å²) in [5.74, 6) is -0.752. The van der Waals surface area contributed by atoms with Crippen molar-refractivity contribution in [2.24, 2.45) is 0 Å². The van der Waals surface area contributed by atoms with Crippen LogP contribution in [0.25, 0.3) is 10.8 Å². The predicted octanol–water partition coefficient (Wildman–Crippen LogP) is 4.11.